The van der Waals surface area contributed by atoms with E-state index in [2.05, 4.69) is 15.4 Å². The van der Waals surface area contributed by atoms with Crippen LogP contribution in [-0.4, -0.2) is 21.5 Å². The number of sulfonamides is 1. The van der Waals surface area contributed by atoms with Gasteiger partial charge in [-0.1, -0.05) is 11.6 Å². The first-order valence-corrected chi connectivity index (χ1v) is 8.53. The van der Waals surface area contributed by atoms with Gasteiger partial charge in [0.05, 0.1) is 15.5 Å². The van der Waals surface area contributed by atoms with Gasteiger partial charge in [0.1, 0.15) is 6.07 Å². The van der Waals surface area contributed by atoms with Crippen molar-refractivity contribution in [1.82, 2.24) is 5.32 Å². The predicted molar refractivity (Wildman–Crippen MR) is 91.5 cm³/mol. The van der Waals surface area contributed by atoms with Crippen LogP contribution >= 0.6 is 11.6 Å². The van der Waals surface area contributed by atoms with Crippen molar-refractivity contribution in [3.05, 3.63) is 53.1 Å². The van der Waals surface area contributed by atoms with Crippen LogP contribution in [0.5, 0.6) is 0 Å². The summed E-state index contributed by atoms with van der Waals surface area (Å²) in [5, 5.41) is 13.8. The summed E-state index contributed by atoms with van der Waals surface area (Å²) in [5.74, 6) is 0. The number of nitrogens with zero attached hydrogens (tertiary/aromatic N) is 1. The largest absolute Gasteiger partial charge is 0.341 e. The van der Waals surface area contributed by atoms with E-state index in [0.29, 0.717) is 11.4 Å². The molecule has 3 N–H and O–H groups in total. The Labute approximate surface area is 144 Å². The molecule has 0 fully saturated rings. The molecule has 9 heteroatoms. The molecule has 0 unspecified atom stereocenters. The van der Waals surface area contributed by atoms with Crippen molar-refractivity contribution in [3.8, 4) is 6.07 Å². The van der Waals surface area contributed by atoms with Gasteiger partial charge in [0.25, 0.3) is 10.0 Å². The van der Waals surface area contributed by atoms with Crippen molar-refractivity contribution in [1.29, 1.82) is 5.26 Å². The summed E-state index contributed by atoms with van der Waals surface area (Å²) in [6.45, 7) is 0. The number of carbonyl (C=O) groups excluding carboxylic acids is 1. The molecule has 2 amide bonds. The highest BCUT2D eigenvalue weighted by molar-refractivity contribution is 7.92. The van der Waals surface area contributed by atoms with Crippen LogP contribution in [0, 0.1) is 11.3 Å². The van der Waals surface area contributed by atoms with E-state index in [1.54, 1.807) is 12.1 Å². The molecule has 24 heavy (non-hydrogen) atoms. The molecule has 0 aromatic heterocycles. The Bertz CT molecular complexity index is 905. The first kappa shape index (κ1) is 17.6. The summed E-state index contributed by atoms with van der Waals surface area (Å²) in [5.41, 5.74) is 1.02. The molecular formula is C15H13ClN4O3S. The van der Waals surface area contributed by atoms with E-state index in [0.717, 1.165) is 0 Å². The van der Waals surface area contributed by atoms with Crippen LogP contribution in [0.15, 0.2) is 47.4 Å². The molecule has 2 aromatic carbocycles. The third-order valence-electron chi connectivity index (χ3n) is 2.99. The Hall–Kier alpha value is -2.76. The van der Waals surface area contributed by atoms with Gasteiger partial charge in [0.15, 0.2) is 0 Å². The summed E-state index contributed by atoms with van der Waals surface area (Å²) in [6, 6.07) is 11.5. The van der Waals surface area contributed by atoms with E-state index in [-0.39, 0.29) is 21.5 Å². The number of benzene rings is 2. The van der Waals surface area contributed by atoms with Crippen molar-refractivity contribution < 1.29 is 13.2 Å². The smallest absolute Gasteiger partial charge is 0.318 e. The zero-order chi connectivity index (χ0) is 17.7. The number of halogens is 1. The van der Waals surface area contributed by atoms with E-state index < -0.39 is 10.0 Å². The lowest BCUT2D eigenvalue weighted by atomic mass is 10.2. The first-order valence-electron chi connectivity index (χ1n) is 6.67. The average molecular weight is 365 g/mol. The van der Waals surface area contributed by atoms with Gasteiger partial charge in [0, 0.05) is 18.4 Å². The minimum atomic E-state index is -3.84. The van der Waals surface area contributed by atoms with Gasteiger partial charge < -0.3 is 10.6 Å². The van der Waals surface area contributed by atoms with E-state index in [1.807, 2.05) is 6.07 Å². The van der Waals surface area contributed by atoms with Gasteiger partial charge >= 0.3 is 6.03 Å². The van der Waals surface area contributed by atoms with Gasteiger partial charge in [-0.25, -0.2) is 13.2 Å². The Morgan fingerprint density at radius 2 is 1.75 bits per heavy atom. The summed E-state index contributed by atoms with van der Waals surface area (Å²) >= 11 is 5.86. The van der Waals surface area contributed by atoms with Crippen molar-refractivity contribution in [2.75, 3.05) is 17.1 Å². The number of anilines is 2. The Morgan fingerprint density at radius 1 is 1.12 bits per heavy atom. The normalized spacial score (nSPS) is 10.5. The molecule has 0 aliphatic rings. The maximum atomic E-state index is 12.3. The fourth-order valence-corrected chi connectivity index (χ4v) is 3.15. The SMILES string of the molecule is CNC(=O)Nc1ccc(NS(=O)(=O)c2ccc(C#N)c(Cl)c2)cc1. The molecule has 0 aliphatic carbocycles. The summed E-state index contributed by atoms with van der Waals surface area (Å²) in [7, 11) is -2.36. The number of hydrogen-bond acceptors (Lipinski definition) is 4. The molecule has 2 rings (SSSR count). The minimum Gasteiger partial charge on any atom is -0.341 e. The van der Waals surface area contributed by atoms with Crippen molar-refractivity contribution >= 4 is 39.0 Å². The number of hydrogen-bond donors (Lipinski definition) is 3. The predicted octanol–water partition coefficient (Wildman–Crippen LogP) is 2.76. The molecule has 2 aromatic rings. The first-order chi connectivity index (χ1) is 11.4. The second-order valence-electron chi connectivity index (χ2n) is 4.64. The summed E-state index contributed by atoms with van der Waals surface area (Å²) < 4.78 is 27.1. The third kappa shape index (κ3) is 4.16. The van der Waals surface area contributed by atoms with E-state index >= 15 is 0 Å². The molecule has 0 spiro atoms. The van der Waals surface area contributed by atoms with Crippen molar-refractivity contribution in [3.63, 3.8) is 0 Å². The Balaban J connectivity index is 2.19. The molecule has 0 heterocycles. The number of rotatable bonds is 4. The van der Waals surface area contributed by atoms with Gasteiger partial charge in [-0.15, -0.1) is 0 Å². The van der Waals surface area contributed by atoms with Gasteiger partial charge in [0.2, 0.25) is 0 Å². The zero-order valence-corrected chi connectivity index (χ0v) is 14.1. The van der Waals surface area contributed by atoms with Crippen LogP contribution < -0.4 is 15.4 Å². The monoisotopic (exact) mass is 364 g/mol. The maximum Gasteiger partial charge on any atom is 0.318 e. The molecule has 0 atom stereocenters. The lowest BCUT2D eigenvalue weighted by Gasteiger charge is -2.10. The van der Waals surface area contributed by atoms with Crippen LogP contribution in [0.3, 0.4) is 0 Å². The quantitative estimate of drug-likeness (QED) is 0.774. The molecule has 0 radical (unpaired) electrons. The Morgan fingerprint density at radius 3 is 2.29 bits per heavy atom. The highest BCUT2D eigenvalue weighted by atomic mass is 35.5. The topological polar surface area (TPSA) is 111 Å². The highest BCUT2D eigenvalue weighted by Crippen LogP contribution is 2.23. The van der Waals surface area contributed by atoms with Crippen molar-refractivity contribution in [2.45, 2.75) is 4.90 Å². The Kier molecular flexibility index (Phi) is 5.28. The van der Waals surface area contributed by atoms with Crippen LogP contribution in [-0.2, 0) is 10.0 Å². The third-order valence-corrected chi connectivity index (χ3v) is 4.69. The minimum absolute atomic E-state index is 0.0564. The molecule has 7 nitrogen and oxygen atoms in total. The van der Waals surface area contributed by atoms with Crippen LogP contribution in [0.2, 0.25) is 5.02 Å². The zero-order valence-electron chi connectivity index (χ0n) is 12.5. The van der Waals surface area contributed by atoms with E-state index in [1.165, 1.54) is 37.4 Å². The van der Waals surface area contributed by atoms with Crippen LogP contribution in [0.4, 0.5) is 16.2 Å². The number of carbonyl (C=O) groups is 1. The standard InChI is InChI=1S/C15H13ClN4O3S/c1-18-15(21)19-11-3-5-12(6-4-11)20-24(22,23)13-7-2-10(9-17)14(16)8-13/h2-8,20H,1H3,(H2,18,19,21). The molecule has 0 aliphatic heterocycles. The maximum absolute atomic E-state index is 12.3. The average Bonchev–Trinajstić information content (AvgIpc) is 2.56. The lowest BCUT2D eigenvalue weighted by Crippen LogP contribution is -2.24. The van der Waals surface area contributed by atoms with Crippen LogP contribution in [0.1, 0.15) is 5.56 Å². The number of nitriles is 1. The van der Waals surface area contributed by atoms with Gasteiger partial charge in [-0.05, 0) is 42.5 Å². The number of amides is 2. The molecule has 0 saturated heterocycles. The number of nitrogens with one attached hydrogen (secondary N) is 3. The van der Waals surface area contributed by atoms with Crippen molar-refractivity contribution in [2.24, 2.45) is 0 Å². The highest BCUT2D eigenvalue weighted by Gasteiger charge is 2.16. The van der Waals surface area contributed by atoms with Gasteiger partial charge in [-0.2, -0.15) is 5.26 Å². The fourth-order valence-electron chi connectivity index (χ4n) is 1.78. The van der Waals surface area contributed by atoms with Gasteiger partial charge in [-0.3, -0.25) is 4.72 Å². The lowest BCUT2D eigenvalue weighted by molar-refractivity contribution is 0.254. The fraction of sp³-hybridized carbons (Fsp3) is 0.0667. The molecular weight excluding hydrogens is 352 g/mol. The second-order valence-corrected chi connectivity index (χ2v) is 6.73. The second kappa shape index (κ2) is 7.21. The molecule has 0 saturated carbocycles. The summed E-state index contributed by atoms with van der Waals surface area (Å²) in [4.78, 5) is 11.1. The van der Waals surface area contributed by atoms with E-state index in [9.17, 15) is 13.2 Å². The van der Waals surface area contributed by atoms with E-state index in [4.69, 9.17) is 16.9 Å². The number of urea groups is 1. The summed E-state index contributed by atoms with van der Waals surface area (Å²) in [6.07, 6.45) is 0. The van der Waals surface area contributed by atoms with Crippen LogP contribution in [0.25, 0.3) is 0 Å². The molecule has 0 bridgehead atoms. The molecule has 124 valence electrons.